The second kappa shape index (κ2) is 5.70. The molecule has 0 amide bonds. The maximum Gasteiger partial charge on any atom is 0.139 e. The van der Waals surface area contributed by atoms with Crippen LogP contribution in [0.5, 0.6) is 0 Å². The Balaban J connectivity index is 2.01. The van der Waals surface area contributed by atoms with Crippen LogP contribution in [-0.2, 0) is 0 Å². The van der Waals surface area contributed by atoms with Crippen LogP contribution in [0.2, 0.25) is 0 Å². The van der Waals surface area contributed by atoms with E-state index in [4.69, 9.17) is 0 Å². The summed E-state index contributed by atoms with van der Waals surface area (Å²) in [5, 5.41) is 4.94. The largest absolute Gasteiger partial charge is 0.381 e. The Morgan fingerprint density at radius 2 is 2.25 bits per heavy atom. The van der Waals surface area contributed by atoms with E-state index in [2.05, 4.69) is 34.9 Å². The van der Waals surface area contributed by atoms with Crippen LogP contribution in [0.1, 0.15) is 51.0 Å². The van der Waals surface area contributed by atoms with Crippen LogP contribution >= 0.6 is 0 Å². The van der Waals surface area contributed by atoms with E-state index >= 15 is 0 Å². The van der Waals surface area contributed by atoms with Crippen molar-refractivity contribution in [1.29, 1.82) is 0 Å². The zero-order chi connectivity index (χ0) is 13.9. The van der Waals surface area contributed by atoms with E-state index in [0.717, 1.165) is 18.5 Å². The molecule has 106 valence electrons. The number of rotatable bonds is 5. The third-order valence-electron chi connectivity index (χ3n) is 4.22. The normalized spacial score (nSPS) is 15.8. The van der Waals surface area contributed by atoms with Crippen LogP contribution in [0.3, 0.4) is 0 Å². The van der Waals surface area contributed by atoms with Gasteiger partial charge in [-0.05, 0) is 30.9 Å². The van der Waals surface area contributed by atoms with Gasteiger partial charge in [0, 0.05) is 29.4 Å². The lowest BCUT2D eigenvalue weighted by atomic mass is 10.0. The number of aromatic amines is 1. The molecule has 0 aromatic carbocycles. The maximum atomic E-state index is 4.52. The van der Waals surface area contributed by atoms with Gasteiger partial charge in [-0.2, -0.15) is 0 Å². The highest BCUT2D eigenvalue weighted by atomic mass is 14.9. The van der Waals surface area contributed by atoms with Gasteiger partial charge in [-0.3, -0.25) is 0 Å². The second-order valence-corrected chi connectivity index (χ2v) is 5.77. The summed E-state index contributed by atoms with van der Waals surface area (Å²) in [5.41, 5.74) is 4.55. The molecule has 1 fully saturated rings. The minimum Gasteiger partial charge on any atom is -0.381 e. The van der Waals surface area contributed by atoms with Crippen molar-refractivity contribution >= 4 is 22.3 Å². The van der Waals surface area contributed by atoms with Crippen LogP contribution in [0.15, 0.2) is 25.0 Å². The fourth-order valence-electron chi connectivity index (χ4n) is 3.14. The molecule has 2 aromatic heterocycles. The minimum absolute atomic E-state index is 0.601. The monoisotopic (exact) mass is 269 g/mol. The Hall–Kier alpha value is -1.77. The molecule has 2 aromatic rings. The Morgan fingerprint density at radius 3 is 3.00 bits per heavy atom. The van der Waals surface area contributed by atoms with E-state index in [1.165, 1.54) is 47.9 Å². The van der Waals surface area contributed by atoms with Gasteiger partial charge in [0.1, 0.15) is 5.65 Å². The molecule has 1 aliphatic rings. The predicted octanol–water partition coefficient (Wildman–Crippen LogP) is 4.73. The smallest absolute Gasteiger partial charge is 0.139 e. The predicted molar refractivity (Wildman–Crippen MR) is 85.9 cm³/mol. The van der Waals surface area contributed by atoms with Crippen molar-refractivity contribution in [3.63, 3.8) is 0 Å². The van der Waals surface area contributed by atoms with Crippen LogP contribution in [0.4, 0.5) is 5.69 Å². The van der Waals surface area contributed by atoms with Crippen molar-refractivity contribution in [3.05, 3.63) is 30.6 Å². The Kier molecular flexibility index (Phi) is 3.77. The van der Waals surface area contributed by atoms with Crippen LogP contribution in [0.25, 0.3) is 16.6 Å². The quantitative estimate of drug-likeness (QED) is 0.823. The van der Waals surface area contributed by atoms with Crippen molar-refractivity contribution < 1.29 is 0 Å². The summed E-state index contributed by atoms with van der Waals surface area (Å²) < 4.78 is 0. The van der Waals surface area contributed by atoms with E-state index in [1.807, 2.05) is 12.4 Å². The van der Waals surface area contributed by atoms with Crippen molar-refractivity contribution in [1.82, 2.24) is 9.97 Å². The summed E-state index contributed by atoms with van der Waals surface area (Å²) in [7, 11) is 0. The third kappa shape index (κ3) is 2.45. The van der Waals surface area contributed by atoms with Crippen LogP contribution in [-0.4, -0.2) is 16.0 Å². The maximum absolute atomic E-state index is 4.52. The molecule has 20 heavy (non-hydrogen) atoms. The van der Waals surface area contributed by atoms with Gasteiger partial charge in [0.05, 0.1) is 5.69 Å². The van der Waals surface area contributed by atoms with Gasteiger partial charge in [0.2, 0.25) is 0 Å². The molecule has 2 heterocycles. The first kappa shape index (κ1) is 13.2. The fourth-order valence-corrected chi connectivity index (χ4v) is 3.14. The van der Waals surface area contributed by atoms with Crippen molar-refractivity contribution in [2.45, 2.75) is 51.5 Å². The van der Waals surface area contributed by atoms with E-state index in [0.29, 0.717) is 6.04 Å². The van der Waals surface area contributed by atoms with Gasteiger partial charge >= 0.3 is 0 Å². The van der Waals surface area contributed by atoms with E-state index < -0.39 is 0 Å². The first-order valence-corrected chi connectivity index (χ1v) is 7.70. The highest BCUT2D eigenvalue weighted by Gasteiger charge is 2.19. The molecule has 0 spiro atoms. The molecule has 0 saturated heterocycles. The third-order valence-corrected chi connectivity index (χ3v) is 4.22. The molecule has 0 bridgehead atoms. The van der Waals surface area contributed by atoms with Gasteiger partial charge in [-0.1, -0.05) is 32.8 Å². The number of anilines is 1. The molecule has 2 N–H and O–H groups in total. The molecule has 3 rings (SSSR count). The van der Waals surface area contributed by atoms with Crippen molar-refractivity contribution in [2.24, 2.45) is 0 Å². The number of pyridine rings is 1. The summed E-state index contributed by atoms with van der Waals surface area (Å²) in [6.07, 6.45) is 11.3. The molecule has 3 heteroatoms. The molecule has 0 atom stereocenters. The number of nitrogens with one attached hydrogen (secondary N) is 2. The SMILES string of the molecule is C=C(CCC)c1cnc2[nH]ccc2c1NC1CCCC1. The topological polar surface area (TPSA) is 40.7 Å². The van der Waals surface area contributed by atoms with Gasteiger partial charge in [0.15, 0.2) is 0 Å². The van der Waals surface area contributed by atoms with Crippen molar-refractivity contribution in [3.8, 4) is 0 Å². The standard InChI is InChI=1S/C17H23N3/c1-3-6-12(2)15-11-19-17-14(9-10-18-17)16(15)20-13-7-4-5-8-13/h9-11,13H,2-8H2,1H3,(H2,18,19,20). The molecule has 3 nitrogen and oxygen atoms in total. The van der Waals surface area contributed by atoms with Gasteiger partial charge in [0.25, 0.3) is 0 Å². The zero-order valence-electron chi connectivity index (χ0n) is 12.2. The molecule has 0 aliphatic heterocycles. The number of hydrogen-bond acceptors (Lipinski definition) is 2. The fraction of sp³-hybridized carbons (Fsp3) is 0.471. The number of hydrogen-bond donors (Lipinski definition) is 2. The summed E-state index contributed by atoms with van der Waals surface area (Å²) in [4.78, 5) is 7.73. The molecular formula is C17H23N3. The average Bonchev–Trinajstić information content (AvgIpc) is 3.09. The minimum atomic E-state index is 0.601. The number of H-pyrrole nitrogens is 1. The van der Waals surface area contributed by atoms with Gasteiger partial charge < -0.3 is 10.3 Å². The summed E-state index contributed by atoms with van der Waals surface area (Å²) in [6, 6.07) is 2.71. The highest BCUT2D eigenvalue weighted by molar-refractivity contribution is 5.96. The lowest BCUT2D eigenvalue weighted by Gasteiger charge is -2.19. The lowest BCUT2D eigenvalue weighted by Crippen LogP contribution is -2.16. The van der Waals surface area contributed by atoms with E-state index in [-0.39, 0.29) is 0 Å². The number of aromatic nitrogens is 2. The number of fused-ring (bicyclic) bond motifs is 1. The second-order valence-electron chi connectivity index (χ2n) is 5.77. The van der Waals surface area contributed by atoms with E-state index in [1.54, 1.807) is 0 Å². The lowest BCUT2D eigenvalue weighted by molar-refractivity contribution is 0.756. The van der Waals surface area contributed by atoms with Gasteiger partial charge in [-0.25, -0.2) is 4.98 Å². The summed E-state index contributed by atoms with van der Waals surface area (Å²) in [6.45, 7) is 6.44. The molecule has 1 aliphatic carbocycles. The highest BCUT2D eigenvalue weighted by Crippen LogP contribution is 2.34. The van der Waals surface area contributed by atoms with Crippen LogP contribution < -0.4 is 5.32 Å². The molecule has 0 radical (unpaired) electrons. The number of allylic oxidation sites excluding steroid dienone is 1. The summed E-state index contributed by atoms with van der Waals surface area (Å²) >= 11 is 0. The Labute approximate surface area is 120 Å². The van der Waals surface area contributed by atoms with Gasteiger partial charge in [-0.15, -0.1) is 0 Å². The van der Waals surface area contributed by atoms with Crippen LogP contribution in [0, 0.1) is 0 Å². The zero-order valence-corrected chi connectivity index (χ0v) is 12.2. The molecule has 1 saturated carbocycles. The Bertz CT molecular complexity index is 606. The van der Waals surface area contributed by atoms with Crippen molar-refractivity contribution in [2.75, 3.05) is 5.32 Å². The van der Waals surface area contributed by atoms with E-state index in [9.17, 15) is 0 Å². The molecule has 0 unspecified atom stereocenters. The summed E-state index contributed by atoms with van der Waals surface area (Å²) in [5.74, 6) is 0. The Morgan fingerprint density at radius 1 is 1.45 bits per heavy atom. The molecular weight excluding hydrogens is 246 g/mol. The number of nitrogens with zero attached hydrogens (tertiary/aromatic N) is 1. The first-order chi connectivity index (χ1) is 9.79. The first-order valence-electron chi connectivity index (χ1n) is 7.70. The average molecular weight is 269 g/mol.